The highest BCUT2D eigenvalue weighted by Crippen LogP contribution is 2.11. The van der Waals surface area contributed by atoms with Crippen LogP contribution < -0.4 is 5.73 Å². The van der Waals surface area contributed by atoms with Crippen LogP contribution in [0.2, 0.25) is 0 Å². The van der Waals surface area contributed by atoms with Gasteiger partial charge in [0.15, 0.2) is 11.6 Å². The minimum atomic E-state index is -0.789. The molecule has 0 radical (unpaired) electrons. The number of hydrogen-bond acceptors (Lipinski definition) is 2. The van der Waals surface area contributed by atoms with Crippen molar-refractivity contribution in [2.24, 2.45) is 5.73 Å². The van der Waals surface area contributed by atoms with E-state index < -0.39 is 11.6 Å². The topological polar surface area (TPSA) is 26.0 Å². The van der Waals surface area contributed by atoms with Crippen molar-refractivity contribution in [2.75, 3.05) is 18.1 Å². The van der Waals surface area contributed by atoms with Gasteiger partial charge in [-0.2, -0.15) is 11.8 Å². The van der Waals surface area contributed by atoms with Gasteiger partial charge in [-0.1, -0.05) is 6.07 Å². The van der Waals surface area contributed by atoms with Crippen LogP contribution in [0.25, 0.3) is 0 Å². The molecule has 1 rings (SSSR count). The molecule has 0 atom stereocenters. The van der Waals surface area contributed by atoms with Crippen molar-refractivity contribution in [3.8, 4) is 0 Å². The van der Waals surface area contributed by atoms with Crippen LogP contribution in [-0.2, 0) is 6.42 Å². The monoisotopic (exact) mass is 217 g/mol. The molecule has 1 nitrogen and oxygen atoms in total. The molecule has 0 amide bonds. The van der Waals surface area contributed by atoms with E-state index in [4.69, 9.17) is 5.73 Å². The predicted molar refractivity (Wildman–Crippen MR) is 56.4 cm³/mol. The first-order valence-corrected chi connectivity index (χ1v) is 5.61. The molecule has 0 saturated carbocycles. The van der Waals surface area contributed by atoms with Crippen molar-refractivity contribution >= 4 is 11.8 Å². The fourth-order valence-electron chi connectivity index (χ4n) is 1.07. The molecule has 78 valence electrons. The van der Waals surface area contributed by atoms with Gasteiger partial charge in [-0.25, -0.2) is 8.78 Å². The summed E-state index contributed by atoms with van der Waals surface area (Å²) in [5, 5.41) is 0. The molecular formula is C10H13F2NS. The molecule has 4 heteroatoms. The summed E-state index contributed by atoms with van der Waals surface area (Å²) in [6.45, 7) is 0.655. The molecule has 0 spiro atoms. The molecule has 0 aliphatic carbocycles. The van der Waals surface area contributed by atoms with E-state index in [1.165, 1.54) is 6.07 Å². The van der Waals surface area contributed by atoms with Crippen LogP contribution in [0.5, 0.6) is 0 Å². The minimum Gasteiger partial charge on any atom is -0.330 e. The second kappa shape index (κ2) is 5.98. The van der Waals surface area contributed by atoms with Gasteiger partial charge in [0.25, 0.3) is 0 Å². The molecule has 0 aliphatic heterocycles. The Morgan fingerprint density at radius 2 is 1.93 bits per heavy atom. The van der Waals surface area contributed by atoms with Crippen molar-refractivity contribution in [1.82, 2.24) is 0 Å². The van der Waals surface area contributed by atoms with E-state index in [0.29, 0.717) is 6.54 Å². The number of halogens is 2. The lowest BCUT2D eigenvalue weighted by atomic mass is 10.2. The van der Waals surface area contributed by atoms with E-state index >= 15 is 0 Å². The highest BCUT2D eigenvalue weighted by Gasteiger charge is 2.01. The van der Waals surface area contributed by atoms with E-state index in [-0.39, 0.29) is 0 Å². The third-order valence-electron chi connectivity index (χ3n) is 1.78. The molecule has 0 saturated heterocycles. The fraction of sp³-hybridized carbons (Fsp3) is 0.400. The molecule has 14 heavy (non-hydrogen) atoms. The highest BCUT2D eigenvalue weighted by molar-refractivity contribution is 7.99. The first kappa shape index (κ1) is 11.5. The highest BCUT2D eigenvalue weighted by atomic mass is 32.2. The number of hydrogen-bond donors (Lipinski definition) is 1. The van der Waals surface area contributed by atoms with Crippen molar-refractivity contribution in [3.63, 3.8) is 0 Å². The Morgan fingerprint density at radius 1 is 1.14 bits per heavy atom. The standard InChI is InChI=1S/C10H13F2NS/c11-9-2-1-8(7-10(9)12)3-5-14-6-4-13/h1-2,7H,3-6,13H2. The Morgan fingerprint density at radius 3 is 2.57 bits per heavy atom. The van der Waals surface area contributed by atoms with Gasteiger partial charge in [0.1, 0.15) is 0 Å². The SMILES string of the molecule is NCCSCCc1ccc(F)c(F)c1. The normalized spacial score (nSPS) is 10.5. The summed E-state index contributed by atoms with van der Waals surface area (Å²) in [5.41, 5.74) is 6.15. The van der Waals surface area contributed by atoms with E-state index in [1.807, 2.05) is 0 Å². The Bertz CT molecular complexity index is 291. The second-order valence-electron chi connectivity index (χ2n) is 2.90. The Kier molecular flexibility index (Phi) is 4.90. The third-order valence-corrected chi connectivity index (χ3v) is 2.80. The lowest BCUT2D eigenvalue weighted by Crippen LogP contribution is -2.02. The van der Waals surface area contributed by atoms with Crippen LogP contribution in [0.4, 0.5) is 8.78 Å². The number of benzene rings is 1. The molecule has 2 N–H and O–H groups in total. The van der Waals surface area contributed by atoms with Crippen molar-refractivity contribution < 1.29 is 8.78 Å². The third kappa shape index (κ3) is 3.64. The van der Waals surface area contributed by atoms with Crippen molar-refractivity contribution in [1.29, 1.82) is 0 Å². The number of rotatable bonds is 5. The maximum atomic E-state index is 12.8. The van der Waals surface area contributed by atoms with E-state index in [9.17, 15) is 8.78 Å². The van der Waals surface area contributed by atoms with Gasteiger partial charge in [0, 0.05) is 12.3 Å². The molecule has 1 aromatic rings. The maximum Gasteiger partial charge on any atom is 0.159 e. The molecule has 0 unspecified atom stereocenters. The van der Waals surface area contributed by atoms with Crippen molar-refractivity contribution in [3.05, 3.63) is 35.4 Å². The van der Waals surface area contributed by atoms with Gasteiger partial charge in [-0.3, -0.25) is 0 Å². The molecule has 0 heterocycles. The lowest BCUT2D eigenvalue weighted by Gasteiger charge is -2.01. The van der Waals surface area contributed by atoms with E-state index in [1.54, 1.807) is 17.8 Å². The van der Waals surface area contributed by atoms with Gasteiger partial charge in [0.2, 0.25) is 0 Å². The fourth-order valence-corrected chi connectivity index (χ4v) is 1.82. The van der Waals surface area contributed by atoms with Crippen LogP contribution in [0, 0.1) is 11.6 Å². The average molecular weight is 217 g/mol. The summed E-state index contributed by atoms with van der Waals surface area (Å²) < 4.78 is 25.3. The number of thioether (sulfide) groups is 1. The average Bonchev–Trinajstić information content (AvgIpc) is 2.18. The minimum absolute atomic E-state index is 0.655. The van der Waals surface area contributed by atoms with Crippen LogP contribution in [0.1, 0.15) is 5.56 Å². The molecule has 0 bridgehead atoms. The van der Waals surface area contributed by atoms with Gasteiger partial charge in [0.05, 0.1) is 0 Å². The van der Waals surface area contributed by atoms with Crippen LogP contribution in [-0.4, -0.2) is 18.1 Å². The quantitative estimate of drug-likeness (QED) is 0.765. The van der Waals surface area contributed by atoms with Crippen LogP contribution >= 0.6 is 11.8 Å². The summed E-state index contributed by atoms with van der Waals surface area (Å²) >= 11 is 1.72. The molecule has 0 fully saturated rings. The summed E-state index contributed by atoms with van der Waals surface area (Å²) in [6.07, 6.45) is 0.752. The zero-order chi connectivity index (χ0) is 10.4. The number of aryl methyl sites for hydroxylation is 1. The van der Waals surface area contributed by atoms with E-state index in [0.717, 1.165) is 29.6 Å². The largest absolute Gasteiger partial charge is 0.330 e. The summed E-state index contributed by atoms with van der Waals surface area (Å²) in [5.74, 6) is 0.237. The van der Waals surface area contributed by atoms with Crippen LogP contribution in [0.3, 0.4) is 0 Å². The Hall–Kier alpha value is -0.610. The summed E-state index contributed by atoms with van der Waals surface area (Å²) in [4.78, 5) is 0. The van der Waals surface area contributed by atoms with Gasteiger partial charge in [-0.05, 0) is 29.9 Å². The van der Waals surface area contributed by atoms with Crippen molar-refractivity contribution in [2.45, 2.75) is 6.42 Å². The van der Waals surface area contributed by atoms with Gasteiger partial charge in [-0.15, -0.1) is 0 Å². The first-order chi connectivity index (χ1) is 6.74. The Labute approximate surface area is 86.7 Å². The van der Waals surface area contributed by atoms with Gasteiger partial charge < -0.3 is 5.73 Å². The summed E-state index contributed by atoms with van der Waals surface area (Å²) in [6, 6.07) is 4.03. The summed E-state index contributed by atoms with van der Waals surface area (Å²) in [7, 11) is 0. The molecule has 0 aliphatic rings. The van der Waals surface area contributed by atoms with Gasteiger partial charge >= 0.3 is 0 Å². The molecule has 1 aromatic carbocycles. The number of nitrogens with two attached hydrogens (primary N) is 1. The van der Waals surface area contributed by atoms with Crippen LogP contribution in [0.15, 0.2) is 18.2 Å². The zero-order valence-corrected chi connectivity index (χ0v) is 8.62. The zero-order valence-electron chi connectivity index (χ0n) is 7.80. The first-order valence-electron chi connectivity index (χ1n) is 4.46. The smallest absolute Gasteiger partial charge is 0.159 e. The molecule has 0 aromatic heterocycles. The second-order valence-corrected chi connectivity index (χ2v) is 4.12. The Balaban J connectivity index is 2.39. The molecular weight excluding hydrogens is 204 g/mol. The lowest BCUT2D eigenvalue weighted by molar-refractivity contribution is 0.507. The van der Waals surface area contributed by atoms with E-state index in [2.05, 4.69) is 0 Å². The predicted octanol–water partition coefficient (Wildman–Crippen LogP) is 2.20. The maximum absolute atomic E-state index is 12.8.